The molecule has 0 radical (unpaired) electrons. The minimum absolute atomic E-state index is 0.266. The number of nitrogens with two attached hydrogens (primary N) is 2. The number of benzene rings is 1. The van der Waals surface area contributed by atoms with Crippen molar-refractivity contribution in [1.82, 2.24) is 5.32 Å². The summed E-state index contributed by atoms with van der Waals surface area (Å²) in [6.07, 6.45) is 0. The van der Waals surface area contributed by atoms with Crippen molar-refractivity contribution in [2.24, 2.45) is 11.5 Å². The first-order valence-electron chi connectivity index (χ1n) is 4.92. The summed E-state index contributed by atoms with van der Waals surface area (Å²) in [6, 6.07) is 5.74. The van der Waals surface area contributed by atoms with Crippen LogP contribution in [-0.4, -0.2) is 22.8 Å². The first kappa shape index (κ1) is 13.1. The molecule has 0 fully saturated rings. The van der Waals surface area contributed by atoms with Crippen LogP contribution in [0.5, 0.6) is 0 Å². The molecule has 0 saturated carbocycles. The third kappa shape index (κ3) is 3.53. The van der Waals surface area contributed by atoms with Crippen LogP contribution in [0, 0.1) is 0 Å². The summed E-state index contributed by atoms with van der Waals surface area (Å²) in [4.78, 5) is 22.7. The van der Waals surface area contributed by atoms with Gasteiger partial charge in [-0.3, -0.25) is 9.59 Å². The van der Waals surface area contributed by atoms with Crippen molar-refractivity contribution in [3.8, 4) is 0 Å². The second-order valence-corrected chi connectivity index (χ2v) is 3.98. The zero-order valence-electron chi connectivity index (χ0n) is 9.27. The van der Waals surface area contributed by atoms with E-state index in [4.69, 9.17) is 23.7 Å². The molecule has 6 heteroatoms. The van der Waals surface area contributed by atoms with Gasteiger partial charge in [-0.25, -0.2) is 0 Å². The van der Waals surface area contributed by atoms with Crippen LogP contribution in [0.3, 0.4) is 0 Å². The van der Waals surface area contributed by atoms with Crippen molar-refractivity contribution in [2.45, 2.75) is 13.0 Å². The zero-order chi connectivity index (χ0) is 13.0. The van der Waals surface area contributed by atoms with E-state index in [9.17, 15) is 9.59 Å². The van der Waals surface area contributed by atoms with Crippen LogP contribution >= 0.6 is 12.2 Å². The monoisotopic (exact) mass is 251 g/mol. The first-order valence-corrected chi connectivity index (χ1v) is 5.32. The minimum Gasteiger partial charge on any atom is -0.389 e. The number of carbonyl (C=O) groups is 2. The van der Waals surface area contributed by atoms with Gasteiger partial charge >= 0.3 is 0 Å². The van der Waals surface area contributed by atoms with Gasteiger partial charge in [0.2, 0.25) is 5.91 Å². The maximum absolute atomic E-state index is 11.7. The molecule has 90 valence electrons. The molecule has 0 saturated heterocycles. The molecule has 5 N–H and O–H groups in total. The van der Waals surface area contributed by atoms with Gasteiger partial charge in [0.05, 0.1) is 0 Å². The highest BCUT2D eigenvalue weighted by molar-refractivity contribution is 7.80. The summed E-state index contributed by atoms with van der Waals surface area (Å²) in [5.74, 6) is -0.955. The number of nitrogens with one attached hydrogen (secondary N) is 1. The average molecular weight is 251 g/mol. The number of hydrogen-bond acceptors (Lipinski definition) is 3. The molecular weight excluding hydrogens is 238 g/mol. The fourth-order valence-electron chi connectivity index (χ4n) is 1.14. The molecule has 1 atom stereocenters. The van der Waals surface area contributed by atoms with E-state index in [2.05, 4.69) is 5.32 Å². The molecule has 5 nitrogen and oxygen atoms in total. The van der Waals surface area contributed by atoms with Crippen LogP contribution in [0.4, 0.5) is 0 Å². The number of hydrogen-bond donors (Lipinski definition) is 3. The smallest absolute Gasteiger partial charge is 0.251 e. The Bertz CT molecular complexity index is 456. The Kier molecular flexibility index (Phi) is 4.17. The van der Waals surface area contributed by atoms with Gasteiger partial charge in [-0.15, -0.1) is 0 Å². The molecule has 1 unspecified atom stereocenters. The van der Waals surface area contributed by atoms with Gasteiger partial charge < -0.3 is 16.8 Å². The lowest BCUT2D eigenvalue weighted by Gasteiger charge is -2.10. The highest BCUT2D eigenvalue weighted by Gasteiger charge is 2.13. The second kappa shape index (κ2) is 5.40. The summed E-state index contributed by atoms with van der Waals surface area (Å²) in [7, 11) is 0. The van der Waals surface area contributed by atoms with Crippen LogP contribution in [0.25, 0.3) is 0 Å². The van der Waals surface area contributed by atoms with E-state index in [0.717, 1.165) is 0 Å². The van der Waals surface area contributed by atoms with E-state index in [1.165, 1.54) is 6.92 Å². The molecule has 1 aromatic carbocycles. The Labute approximate surface area is 104 Å². The molecule has 1 rings (SSSR count). The van der Waals surface area contributed by atoms with E-state index in [-0.39, 0.29) is 10.9 Å². The van der Waals surface area contributed by atoms with Crippen LogP contribution in [0.15, 0.2) is 24.3 Å². The van der Waals surface area contributed by atoms with Crippen molar-refractivity contribution in [3.63, 3.8) is 0 Å². The maximum Gasteiger partial charge on any atom is 0.251 e. The topological polar surface area (TPSA) is 98.2 Å². The van der Waals surface area contributed by atoms with Gasteiger partial charge in [-0.05, 0) is 19.1 Å². The van der Waals surface area contributed by atoms with Gasteiger partial charge in [0.1, 0.15) is 11.0 Å². The lowest BCUT2D eigenvalue weighted by molar-refractivity contribution is -0.119. The molecule has 0 aliphatic rings. The van der Waals surface area contributed by atoms with E-state index in [0.29, 0.717) is 11.1 Å². The zero-order valence-corrected chi connectivity index (χ0v) is 10.1. The van der Waals surface area contributed by atoms with Crippen LogP contribution in [0.2, 0.25) is 0 Å². The molecule has 0 aliphatic carbocycles. The van der Waals surface area contributed by atoms with Crippen molar-refractivity contribution in [3.05, 3.63) is 35.4 Å². The summed E-state index contributed by atoms with van der Waals surface area (Å²) in [5, 5.41) is 2.47. The van der Waals surface area contributed by atoms with Crippen molar-refractivity contribution in [2.75, 3.05) is 0 Å². The van der Waals surface area contributed by atoms with Crippen LogP contribution < -0.4 is 16.8 Å². The number of carbonyl (C=O) groups excluding carboxylic acids is 2. The Morgan fingerprint density at radius 2 is 1.65 bits per heavy atom. The van der Waals surface area contributed by atoms with Crippen molar-refractivity contribution in [1.29, 1.82) is 0 Å². The number of primary amides is 1. The molecule has 0 bridgehead atoms. The van der Waals surface area contributed by atoms with Crippen molar-refractivity contribution >= 4 is 29.0 Å². The third-order valence-electron chi connectivity index (χ3n) is 2.21. The predicted molar refractivity (Wildman–Crippen MR) is 68.5 cm³/mol. The number of amides is 2. The average Bonchev–Trinajstić information content (AvgIpc) is 2.28. The van der Waals surface area contributed by atoms with Crippen LogP contribution in [-0.2, 0) is 4.79 Å². The summed E-state index contributed by atoms with van der Waals surface area (Å²) >= 11 is 4.79. The standard InChI is InChI=1S/C11H13N3O2S/c1-6(9(12)15)14-11(16)8-4-2-7(3-5-8)10(13)17/h2-6H,1H3,(H2,12,15)(H2,13,17)(H,14,16). The van der Waals surface area contributed by atoms with E-state index in [1.54, 1.807) is 24.3 Å². The summed E-state index contributed by atoms with van der Waals surface area (Å²) in [6.45, 7) is 1.52. The van der Waals surface area contributed by atoms with Gasteiger partial charge in [0.25, 0.3) is 5.91 Å². The number of rotatable bonds is 4. The Hall–Kier alpha value is -1.95. The Morgan fingerprint density at radius 1 is 1.18 bits per heavy atom. The van der Waals surface area contributed by atoms with Gasteiger partial charge in [0.15, 0.2) is 0 Å². The van der Waals surface area contributed by atoms with E-state index < -0.39 is 11.9 Å². The molecule has 0 aliphatic heterocycles. The third-order valence-corrected chi connectivity index (χ3v) is 2.44. The lowest BCUT2D eigenvalue weighted by atomic mass is 10.1. The minimum atomic E-state index is -0.710. The Morgan fingerprint density at radius 3 is 2.06 bits per heavy atom. The van der Waals surface area contributed by atoms with Gasteiger partial charge in [0, 0.05) is 11.1 Å². The molecule has 17 heavy (non-hydrogen) atoms. The summed E-state index contributed by atoms with van der Waals surface area (Å²) < 4.78 is 0. The SMILES string of the molecule is CC(NC(=O)c1ccc(C(N)=S)cc1)C(N)=O. The van der Waals surface area contributed by atoms with Gasteiger partial charge in [-0.2, -0.15) is 0 Å². The highest BCUT2D eigenvalue weighted by Crippen LogP contribution is 2.04. The molecule has 0 spiro atoms. The van der Waals surface area contributed by atoms with E-state index in [1.807, 2.05) is 0 Å². The quantitative estimate of drug-likeness (QED) is 0.652. The lowest BCUT2D eigenvalue weighted by Crippen LogP contribution is -2.42. The molecule has 0 heterocycles. The van der Waals surface area contributed by atoms with Crippen molar-refractivity contribution < 1.29 is 9.59 Å². The molecule has 1 aromatic rings. The van der Waals surface area contributed by atoms with Gasteiger partial charge in [-0.1, -0.05) is 24.4 Å². The fourth-order valence-corrected chi connectivity index (χ4v) is 1.27. The highest BCUT2D eigenvalue weighted by atomic mass is 32.1. The molecule has 2 amide bonds. The Balaban J connectivity index is 2.77. The maximum atomic E-state index is 11.7. The molecular formula is C11H13N3O2S. The second-order valence-electron chi connectivity index (χ2n) is 3.54. The molecule has 0 aromatic heterocycles. The summed E-state index contributed by atoms with van der Waals surface area (Å²) in [5.41, 5.74) is 11.6. The van der Waals surface area contributed by atoms with E-state index >= 15 is 0 Å². The number of thiocarbonyl (C=S) groups is 1. The normalized spacial score (nSPS) is 11.6. The predicted octanol–water partition coefficient (Wildman–Crippen LogP) is -0.0756. The fraction of sp³-hybridized carbons (Fsp3) is 0.182. The first-order chi connectivity index (χ1) is 7.91. The largest absolute Gasteiger partial charge is 0.389 e. The van der Waals surface area contributed by atoms with Crippen LogP contribution in [0.1, 0.15) is 22.8 Å².